The molecule has 0 radical (unpaired) electrons. The Kier molecular flexibility index (Phi) is 4.19. The lowest BCUT2D eigenvalue weighted by Crippen LogP contribution is -2.16. The van der Waals surface area contributed by atoms with Crippen LogP contribution in [-0.4, -0.2) is 16.1 Å². The third-order valence-corrected chi connectivity index (χ3v) is 4.55. The lowest BCUT2D eigenvalue weighted by Gasteiger charge is -2.16. The maximum absolute atomic E-state index is 11.4. The van der Waals surface area contributed by atoms with Crippen molar-refractivity contribution < 1.29 is 9.90 Å². The largest absolute Gasteiger partial charge is 0.477 e. The molecule has 0 aliphatic rings. The normalized spacial score (nSPS) is 11.7. The van der Waals surface area contributed by atoms with Crippen LogP contribution in [0.3, 0.4) is 0 Å². The van der Waals surface area contributed by atoms with Crippen LogP contribution in [0.25, 0.3) is 0 Å². The summed E-state index contributed by atoms with van der Waals surface area (Å²) in [5.74, 6) is -0.885. The summed E-state index contributed by atoms with van der Waals surface area (Å²) < 4.78 is 0. The van der Waals surface area contributed by atoms with Crippen molar-refractivity contribution in [1.82, 2.24) is 4.98 Å². The Labute approximate surface area is 129 Å². The van der Waals surface area contributed by atoms with E-state index >= 15 is 0 Å². The molecule has 3 nitrogen and oxygen atoms in total. The van der Waals surface area contributed by atoms with Crippen molar-refractivity contribution in [1.29, 1.82) is 0 Å². The zero-order chi connectivity index (χ0) is 15.8. The number of carboxylic acids is 1. The molecule has 0 unspecified atom stereocenters. The maximum Gasteiger partial charge on any atom is 0.347 e. The van der Waals surface area contributed by atoms with Crippen LogP contribution in [-0.2, 0) is 11.8 Å². The highest BCUT2D eigenvalue weighted by molar-refractivity contribution is 7.13. The fraction of sp³-hybridized carbons (Fsp3) is 0.412. The summed E-state index contributed by atoms with van der Waals surface area (Å²) >= 11 is 1.29. The molecule has 0 saturated carbocycles. The lowest BCUT2D eigenvalue weighted by molar-refractivity contribution is 0.0699. The van der Waals surface area contributed by atoms with E-state index in [1.165, 1.54) is 28.0 Å². The quantitative estimate of drug-likeness (QED) is 0.917. The minimum Gasteiger partial charge on any atom is -0.477 e. The molecular weight excluding hydrogens is 282 g/mol. The fourth-order valence-corrected chi connectivity index (χ4v) is 3.33. The number of nitrogens with zero attached hydrogens (tertiary/aromatic N) is 1. The van der Waals surface area contributed by atoms with E-state index in [0.717, 1.165) is 5.01 Å². The molecule has 21 heavy (non-hydrogen) atoms. The van der Waals surface area contributed by atoms with Gasteiger partial charge in [0.2, 0.25) is 0 Å². The van der Waals surface area contributed by atoms with Crippen molar-refractivity contribution in [2.45, 2.75) is 46.5 Å². The summed E-state index contributed by atoms with van der Waals surface area (Å²) in [7, 11) is 0. The van der Waals surface area contributed by atoms with Gasteiger partial charge in [-0.3, -0.25) is 0 Å². The molecule has 4 heteroatoms. The number of aromatic carboxylic acids is 1. The third kappa shape index (κ3) is 3.50. The zero-order valence-corrected chi connectivity index (χ0v) is 14.0. The van der Waals surface area contributed by atoms with Gasteiger partial charge in [0.15, 0.2) is 0 Å². The molecule has 1 aromatic heterocycles. The first-order chi connectivity index (χ1) is 9.68. The molecule has 2 aromatic rings. The summed E-state index contributed by atoms with van der Waals surface area (Å²) in [5, 5.41) is 10.2. The van der Waals surface area contributed by atoms with Gasteiger partial charge in [0.1, 0.15) is 4.88 Å². The fourth-order valence-electron chi connectivity index (χ4n) is 2.18. The van der Waals surface area contributed by atoms with E-state index in [2.05, 4.69) is 37.0 Å². The second kappa shape index (κ2) is 5.60. The number of hydrogen-bond acceptors (Lipinski definition) is 3. The molecule has 1 heterocycles. The van der Waals surface area contributed by atoms with E-state index in [4.69, 9.17) is 0 Å². The molecule has 0 bridgehead atoms. The molecule has 0 spiro atoms. The van der Waals surface area contributed by atoms with Gasteiger partial charge in [-0.05, 0) is 30.5 Å². The molecule has 2 rings (SSSR count). The van der Waals surface area contributed by atoms with E-state index < -0.39 is 5.97 Å². The summed E-state index contributed by atoms with van der Waals surface area (Å²) in [6.45, 7) is 10.2. The molecule has 0 amide bonds. The van der Waals surface area contributed by atoms with Crippen LogP contribution in [0.15, 0.2) is 18.2 Å². The summed E-state index contributed by atoms with van der Waals surface area (Å²) in [6.07, 6.45) is 0.683. The number of rotatable bonds is 3. The second-order valence-corrected chi connectivity index (χ2v) is 7.52. The predicted molar refractivity (Wildman–Crippen MR) is 86.5 cm³/mol. The summed E-state index contributed by atoms with van der Waals surface area (Å²) in [6, 6.07) is 6.33. The zero-order valence-electron chi connectivity index (χ0n) is 13.2. The molecule has 0 fully saturated rings. The van der Waals surface area contributed by atoms with Gasteiger partial charge in [0.25, 0.3) is 0 Å². The Balaban J connectivity index is 2.37. The van der Waals surface area contributed by atoms with Crippen molar-refractivity contribution in [3.63, 3.8) is 0 Å². The summed E-state index contributed by atoms with van der Waals surface area (Å²) in [5.41, 5.74) is 4.10. The third-order valence-electron chi connectivity index (χ3n) is 3.50. The molecular formula is C17H21NO2S. The average Bonchev–Trinajstić information content (AvgIpc) is 2.78. The van der Waals surface area contributed by atoms with Crippen LogP contribution in [0.2, 0.25) is 0 Å². The van der Waals surface area contributed by atoms with Crippen LogP contribution in [0, 0.1) is 13.8 Å². The van der Waals surface area contributed by atoms with Gasteiger partial charge >= 0.3 is 5.97 Å². The van der Waals surface area contributed by atoms with Crippen LogP contribution in [0.1, 0.15) is 57.8 Å². The van der Waals surface area contributed by atoms with E-state index in [9.17, 15) is 9.90 Å². The Morgan fingerprint density at radius 1 is 1.24 bits per heavy atom. The second-order valence-electron chi connectivity index (χ2n) is 6.44. The molecule has 0 aliphatic heterocycles. The molecule has 0 atom stereocenters. The van der Waals surface area contributed by atoms with Gasteiger partial charge in [0.05, 0.1) is 10.7 Å². The first-order valence-corrected chi connectivity index (χ1v) is 7.79. The molecule has 0 saturated heterocycles. The molecule has 0 aliphatic carbocycles. The number of hydrogen-bond donors (Lipinski definition) is 1. The van der Waals surface area contributed by atoms with E-state index in [1.807, 2.05) is 20.8 Å². The van der Waals surface area contributed by atoms with Gasteiger partial charge < -0.3 is 5.11 Å². The highest BCUT2D eigenvalue weighted by Crippen LogP contribution is 2.30. The van der Waals surface area contributed by atoms with Gasteiger partial charge in [-0.15, -0.1) is 11.3 Å². The van der Waals surface area contributed by atoms with Crippen LogP contribution in [0.4, 0.5) is 0 Å². The van der Waals surface area contributed by atoms with Gasteiger partial charge in [-0.2, -0.15) is 0 Å². The predicted octanol–water partition coefficient (Wildman–Crippen LogP) is 4.35. The Hall–Kier alpha value is -1.68. The van der Waals surface area contributed by atoms with Crippen molar-refractivity contribution in [3.05, 3.63) is 50.5 Å². The number of aromatic nitrogens is 1. The number of aryl methyl sites for hydroxylation is 2. The van der Waals surface area contributed by atoms with Crippen LogP contribution < -0.4 is 0 Å². The van der Waals surface area contributed by atoms with Crippen molar-refractivity contribution in [2.24, 2.45) is 0 Å². The highest BCUT2D eigenvalue weighted by Gasteiger charge is 2.26. The van der Waals surface area contributed by atoms with E-state index in [1.54, 1.807) is 0 Å². The van der Waals surface area contributed by atoms with Crippen LogP contribution in [0.5, 0.6) is 0 Å². The number of carbonyl (C=O) groups is 1. The SMILES string of the molecule is Cc1ccc(Cc2nc(C(C)(C)C)c(C(=O)O)s2)cc1C. The average molecular weight is 303 g/mol. The Morgan fingerprint density at radius 3 is 2.38 bits per heavy atom. The number of benzene rings is 1. The van der Waals surface area contributed by atoms with Gasteiger partial charge in [-0.25, -0.2) is 9.78 Å². The first-order valence-electron chi connectivity index (χ1n) is 6.98. The molecule has 1 N–H and O–H groups in total. The minimum absolute atomic E-state index is 0.258. The Morgan fingerprint density at radius 2 is 1.90 bits per heavy atom. The number of carboxylic acid groups (broad SMARTS) is 1. The molecule has 1 aromatic carbocycles. The van der Waals surface area contributed by atoms with Crippen LogP contribution >= 0.6 is 11.3 Å². The van der Waals surface area contributed by atoms with Gasteiger partial charge in [-0.1, -0.05) is 39.0 Å². The van der Waals surface area contributed by atoms with E-state index in [-0.39, 0.29) is 5.41 Å². The standard InChI is InChI=1S/C17H21NO2S/c1-10-6-7-12(8-11(10)2)9-13-18-15(17(3,4)5)14(21-13)16(19)20/h6-8H,9H2,1-5H3,(H,19,20). The lowest BCUT2D eigenvalue weighted by atomic mass is 9.91. The first kappa shape index (κ1) is 15.7. The van der Waals surface area contributed by atoms with E-state index in [0.29, 0.717) is 17.0 Å². The van der Waals surface area contributed by atoms with Gasteiger partial charge in [0, 0.05) is 11.8 Å². The summed E-state index contributed by atoms with van der Waals surface area (Å²) in [4.78, 5) is 16.4. The highest BCUT2D eigenvalue weighted by atomic mass is 32.1. The van der Waals surface area contributed by atoms with Crippen molar-refractivity contribution >= 4 is 17.3 Å². The molecule has 112 valence electrons. The maximum atomic E-state index is 11.4. The topological polar surface area (TPSA) is 50.2 Å². The van der Waals surface area contributed by atoms with Crippen molar-refractivity contribution in [3.8, 4) is 0 Å². The number of thiazole rings is 1. The minimum atomic E-state index is -0.885. The monoisotopic (exact) mass is 303 g/mol. The van der Waals surface area contributed by atoms with Crippen molar-refractivity contribution in [2.75, 3.05) is 0 Å². The smallest absolute Gasteiger partial charge is 0.347 e. The Bertz CT molecular complexity index is 681.